The fourth-order valence-electron chi connectivity index (χ4n) is 2.37. The quantitative estimate of drug-likeness (QED) is 0.763. The van der Waals surface area contributed by atoms with Gasteiger partial charge >= 0.3 is 5.97 Å². The molecule has 1 N–H and O–H groups in total. The fourth-order valence-corrected chi connectivity index (χ4v) is 2.79. The summed E-state index contributed by atoms with van der Waals surface area (Å²) in [5.74, 6) is -0.860. The number of nitrogens with zero attached hydrogens (tertiary/aromatic N) is 2. The normalized spacial score (nSPS) is 11.0. The van der Waals surface area contributed by atoms with E-state index >= 15 is 0 Å². The van der Waals surface area contributed by atoms with Crippen LogP contribution in [0.15, 0.2) is 40.9 Å². The highest BCUT2D eigenvalue weighted by atomic mass is 79.9. The molecule has 0 spiro atoms. The number of carboxylic acids is 1. The van der Waals surface area contributed by atoms with Crippen LogP contribution in [-0.2, 0) is 0 Å². The van der Waals surface area contributed by atoms with Gasteiger partial charge in [-0.15, -0.1) is 0 Å². The van der Waals surface area contributed by atoms with Crippen molar-refractivity contribution in [2.24, 2.45) is 0 Å². The molecule has 0 aliphatic heterocycles. The molecule has 3 aromatic rings. The van der Waals surface area contributed by atoms with Crippen LogP contribution in [0, 0.1) is 12.7 Å². The molecular weight excluding hydrogens is 339 g/mol. The van der Waals surface area contributed by atoms with Crippen molar-refractivity contribution in [2.45, 2.75) is 6.92 Å². The van der Waals surface area contributed by atoms with Gasteiger partial charge in [0.1, 0.15) is 11.6 Å². The zero-order chi connectivity index (χ0) is 15.1. The van der Waals surface area contributed by atoms with Crippen LogP contribution in [0.5, 0.6) is 0 Å². The van der Waals surface area contributed by atoms with Crippen molar-refractivity contribution in [1.29, 1.82) is 0 Å². The summed E-state index contributed by atoms with van der Waals surface area (Å²) >= 11 is 3.37. The standard InChI is InChI=1S/C15H10BrFN2O2/c1-8-18-12-4-2-3-10(15(20)21)14(12)19(8)13-7-9(17)5-6-11(13)16/h2-7H,1H3,(H,20,21). The smallest absolute Gasteiger partial charge is 0.337 e. The van der Waals surface area contributed by atoms with Crippen LogP contribution in [0.1, 0.15) is 16.2 Å². The lowest BCUT2D eigenvalue weighted by atomic mass is 10.1. The third-order valence-corrected chi connectivity index (χ3v) is 3.89. The summed E-state index contributed by atoms with van der Waals surface area (Å²) in [6.07, 6.45) is 0. The maximum absolute atomic E-state index is 13.6. The van der Waals surface area contributed by atoms with E-state index < -0.39 is 11.8 Å². The molecule has 0 unspecified atom stereocenters. The third kappa shape index (κ3) is 2.21. The Morgan fingerprint density at radius 1 is 1.33 bits per heavy atom. The number of aromatic carboxylic acids is 1. The predicted octanol–water partition coefficient (Wildman–Crippen LogP) is 3.93. The van der Waals surface area contributed by atoms with Crippen molar-refractivity contribution < 1.29 is 14.3 Å². The van der Waals surface area contributed by atoms with E-state index in [1.54, 1.807) is 29.7 Å². The molecular formula is C15H10BrFN2O2. The van der Waals surface area contributed by atoms with E-state index in [2.05, 4.69) is 20.9 Å². The zero-order valence-electron chi connectivity index (χ0n) is 11.0. The Kier molecular flexibility index (Phi) is 3.25. The first-order valence-corrected chi connectivity index (χ1v) is 6.95. The molecule has 1 aromatic heterocycles. The first kappa shape index (κ1) is 13.8. The zero-order valence-corrected chi connectivity index (χ0v) is 12.6. The summed E-state index contributed by atoms with van der Waals surface area (Å²) in [6.45, 7) is 1.75. The minimum absolute atomic E-state index is 0.129. The minimum atomic E-state index is -1.05. The summed E-state index contributed by atoms with van der Waals surface area (Å²) in [7, 11) is 0. The highest BCUT2D eigenvalue weighted by Gasteiger charge is 2.18. The second-order valence-electron chi connectivity index (χ2n) is 4.57. The molecule has 0 saturated carbocycles. The van der Waals surface area contributed by atoms with Gasteiger partial charge < -0.3 is 5.11 Å². The van der Waals surface area contributed by atoms with Gasteiger partial charge in [0.05, 0.1) is 22.3 Å². The Balaban J connectivity index is 2.44. The highest BCUT2D eigenvalue weighted by molar-refractivity contribution is 9.10. The van der Waals surface area contributed by atoms with Gasteiger partial charge in [-0.3, -0.25) is 4.57 Å². The molecule has 0 atom stereocenters. The lowest BCUT2D eigenvalue weighted by Crippen LogP contribution is -2.04. The van der Waals surface area contributed by atoms with Crippen molar-refractivity contribution in [3.63, 3.8) is 0 Å². The average Bonchev–Trinajstić information content (AvgIpc) is 2.77. The lowest BCUT2D eigenvalue weighted by Gasteiger charge is -2.11. The van der Waals surface area contributed by atoms with Crippen LogP contribution in [-0.4, -0.2) is 20.6 Å². The summed E-state index contributed by atoms with van der Waals surface area (Å²) in [5, 5.41) is 9.36. The summed E-state index contributed by atoms with van der Waals surface area (Å²) in [4.78, 5) is 15.8. The Labute approximate surface area is 128 Å². The van der Waals surface area contributed by atoms with Gasteiger partial charge in [0, 0.05) is 4.47 Å². The van der Waals surface area contributed by atoms with E-state index in [9.17, 15) is 14.3 Å². The number of aromatic nitrogens is 2. The maximum Gasteiger partial charge on any atom is 0.337 e. The molecule has 0 aliphatic carbocycles. The van der Waals surface area contributed by atoms with Crippen LogP contribution in [0.3, 0.4) is 0 Å². The predicted molar refractivity (Wildman–Crippen MR) is 80.4 cm³/mol. The Bertz CT molecular complexity index is 873. The maximum atomic E-state index is 13.6. The number of aryl methyl sites for hydroxylation is 1. The van der Waals surface area contributed by atoms with Crippen LogP contribution in [0.2, 0.25) is 0 Å². The van der Waals surface area contributed by atoms with Gasteiger partial charge in [-0.2, -0.15) is 0 Å². The molecule has 0 fully saturated rings. The van der Waals surface area contributed by atoms with Gasteiger partial charge in [0.25, 0.3) is 0 Å². The van der Waals surface area contributed by atoms with E-state index in [0.29, 0.717) is 27.0 Å². The molecule has 6 heteroatoms. The molecule has 0 amide bonds. The van der Waals surface area contributed by atoms with E-state index in [-0.39, 0.29) is 5.56 Å². The van der Waals surface area contributed by atoms with Crippen molar-refractivity contribution in [3.8, 4) is 5.69 Å². The number of fused-ring (bicyclic) bond motifs is 1. The minimum Gasteiger partial charge on any atom is -0.478 e. The summed E-state index contributed by atoms with van der Waals surface area (Å²) < 4.78 is 15.9. The van der Waals surface area contributed by atoms with E-state index in [1.165, 1.54) is 18.2 Å². The number of hydrogen-bond acceptors (Lipinski definition) is 2. The number of halogens is 2. The van der Waals surface area contributed by atoms with Gasteiger partial charge in [-0.25, -0.2) is 14.2 Å². The van der Waals surface area contributed by atoms with Gasteiger partial charge in [0.2, 0.25) is 0 Å². The SMILES string of the molecule is Cc1nc2cccc(C(=O)O)c2n1-c1cc(F)ccc1Br. The van der Waals surface area contributed by atoms with Crippen LogP contribution >= 0.6 is 15.9 Å². The number of para-hydroxylation sites is 1. The van der Waals surface area contributed by atoms with Crippen LogP contribution in [0.25, 0.3) is 16.7 Å². The number of hydrogen-bond donors (Lipinski definition) is 1. The molecule has 0 aliphatic rings. The Morgan fingerprint density at radius 3 is 2.81 bits per heavy atom. The molecule has 1 heterocycles. The first-order chi connectivity index (χ1) is 9.99. The Hall–Kier alpha value is -2.21. The van der Waals surface area contributed by atoms with Crippen LogP contribution in [0.4, 0.5) is 4.39 Å². The van der Waals surface area contributed by atoms with Crippen molar-refractivity contribution in [1.82, 2.24) is 9.55 Å². The first-order valence-electron chi connectivity index (χ1n) is 6.16. The number of carboxylic acid groups (broad SMARTS) is 1. The number of carbonyl (C=O) groups is 1. The van der Waals surface area contributed by atoms with Gasteiger partial charge in [-0.05, 0) is 53.2 Å². The van der Waals surface area contributed by atoms with E-state index in [4.69, 9.17) is 0 Å². The lowest BCUT2D eigenvalue weighted by molar-refractivity contribution is 0.0698. The second kappa shape index (κ2) is 4.96. The molecule has 2 aromatic carbocycles. The number of benzene rings is 2. The summed E-state index contributed by atoms with van der Waals surface area (Å²) in [6, 6.07) is 9.15. The largest absolute Gasteiger partial charge is 0.478 e. The average molecular weight is 349 g/mol. The molecule has 0 saturated heterocycles. The molecule has 4 nitrogen and oxygen atoms in total. The highest BCUT2D eigenvalue weighted by Crippen LogP contribution is 2.29. The van der Waals surface area contributed by atoms with Crippen LogP contribution < -0.4 is 0 Å². The van der Waals surface area contributed by atoms with Gasteiger partial charge in [0.15, 0.2) is 0 Å². The molecule has 3 rings (SSSR count). The van der Waals surface area contributed by atoms with Crippen molar-refractivity contribution >= 4 is 32.9 Å². The van der Waals surface area contributed by atoms with Gasteiger partial charge in [-0.1, -0.05) is 6.07 Å². The molecule has 0 radical (unpaired) electrons. The van der Waals surface area contributed by atoms with Crippen molar-refractivity contribution in [3.05, 3.63) is 58.1 Å². The van der Waals surface area contributed by atoms with Crippen molar-refractivity contribution in [2.75, 3.05) is 0 Å². The number of imidazole rings is 1. The Morgan fingerprint density at radius 2 is 2.10 bits per heavy atom. The second-order valence-corrected chi connectivity index (χ2v) is 5.42. The third-order valence-electron chi connectivity index (χ3n) is 3.22. The van der Waals surface area contributed by atoms with E-state index in [1.807, 2.05) is 0 Å². The topological polar surface area (TPSA) is 55.1 Å². The molecule has 0 bridgehead atoms. The fraction of sp³-hybridized carbons (Fsp3) is 0.0667. The van der Waals surface area contributed by atoms with E-state index in [0.717, 1.165) is 0 Å². The monoisotopic (exact) mass is 348 g/mol. The summed E-state index contributed by atoms with van der Waals surface area (Å²) in [5.41, 5.74) is 1.66. The molecule has 21 heavy (non-hydrogen) atoms. The molecule has 106 valence electrons. The number of rotatable bonds is 2.